The van der Waals surface area contributed by atoms with Crippen LogP contribution in [0.15, 0.2) is 0 Å². The number of carbonyl (C=O) groups is 1. The molecular weight excluding hydrogens is 216 g/mol. The zero-order valence-corrected chi connectivity index (χ0v) is 10.3. The van der Waals surface area contributed by atoms with Crippen LogP contribution < -0.4 is 0 Å². The molecule has 0 aliphatic rings. The Hall–Kier alpha value is 0.170. The van der Waals surface area contributed by atoms with Gasteiger partial charge in [0.1, 0.15) is 0 Å². The summed E-state index contributed by atoms with van der Waals surface area (Å²) in [7, 11) is 0. The van der Waals surface area contributed by atoms with Crippen LogP contribution in [0.25, 0.3) is 0 Å². The summed E-state index contributed by atoms with van der Waals surface area (Å²) in [5.74, 6) is 0.208. The van der Waals surface area contributed by atoms with Gasteiger partial charge in [-0.15, -0.1) is 0 Å². The van der Waals surface area contributed by atoms with Crippen molar-refractivity contribution >= 4 is 31.2 Å². The predicted molar refractivity (Wildman–Crippen MR) is 66.6 cm³/mol. The van der Waals surface area contributed by atoms with E-state index in [0.717, 1.165) is 44.3 Å². The van der Waals surface area contributed by atoms with E-state index in [0.29, 0.717) is 11.7 Å². The lowest BCUT2D eigenvalue weighted by Crippen LogP contribution is -1.99. The fraction of sp³-hybridized carbons (Fsp3) is 0.900. The summed E-state index contributed by atoms with van der Waals surface area (Å²) in [5, 5.41) is 8.87. The molecule has 14 heavy (non-hydrogen) atoms. The van der Waals surface area contributed by atoms with Crippen molar-refractivity contribution in [3.8, 4) is 0 Å². The predicted octanol–water partition coefficient (Wildman–Crippen LogP) is 3.03. The van der Waals surface area contributed by atoms with Gasteiger partial charge in [0.25, 0.3) is 0 Å². The Bertz CT molecular complexity index is 151. The Morgan fingerprint density at radius 2 is 1.79 bits per heavy atom. The fourth-order valence-corrected chi connectivity index (χ4v) is 2.13. The van der Waals surface area contributed by atoms with Crippen molar-refractivity contribution in [3.05, 3.63) is 0 Å². The van der Waals surface area contributed by atoms with Gasteiger partial charge in [0.05, 0.1) is 0 Å². The maximum absolute atomic E-state index is 10.2. The zero-order chi connectivity index (χ0) is 10.8. The first-order valence-corrected chi connectivity index (χ1v) is 6.32. The number of hydrogen-bond donors (Lipinski definition) is 3. The van der Waals surface area contributed by atoms with Crippen molar-refractivity contribution in [2.24, 2.45) is 0 Å². The Kier molecular flexibility index (Phi) is 9.83. The molecule has 0 rings (SSSR count). The average Bonchev–Trinajstić information content (AvgIpc) is 2.11. The number of carboxylic acid groups (broad SMARTS) is 1. The highest BCUT2D eigenvalue weighted by molar-refractivity contribution is 7.81. The first-order valence-electron chi connectivity index (χ1n) is 5.17. The van der Waals surface area contributed by atoms with Crippen molar-refractivity contribution < 1.29 is 9.90 Å². The molecule has 0 aromatic heterocycles. The van der Waals surface area contributed by atoms with Gasteiger partial charge in [-0.25, -0.2) is 0 Å². The lowest BCUT2D eigenvalue weighted by molar-refractivity contribution is -0.137. The van der Waals surface area contributed by atoms with E-state index in [1.165, 1.54) is 0 Å². The van der Waals surface area contributed by atoms with Crippen LogP contribution in [0, 0.1) is 0 Å². The number of aliphatic carboxylic acids is 1. The molecule has 1 N–H and O–H groups in total. The summed E-state index contributed by atoms with van der Waals surface area (Å²) < 4.78 is 0. The molecule has 0 radical (unpaired) electrons. The summed E-state index contributed by atoms with van der Waals surface area (Å²) in [6.07, 6.45) is 6.59. The number of unbranched alkanes of at least 4 members (excludes halogenated alkanes) is 3. The third-order valence-corrected chi connectivity index (χ3v) is 2.91. The lowest BCUT2D eigenvalue weighted by atomic mass is 10.1. The number of carboxylic acids is 1. The van der Waals surface area contributed by atoms with Crippen LogP contribution in [0.5, 0.6) is 0 Å². The second-order valence-corrected chi connectivity index (χ2v) is 4.69. The number of rotatable bonds is 9. The van der Waals surface area contributed by atoms with E-state index in [2.05, 4.69) is 25.3 Å². The van der Waals surface area contributed by atoms with Crippen LogP contribution in [0.3, 0.4) is 0 Å². The average molecular weight is 236 g/mol. The molecule has 0 aliphatic carbocycles. The largest absolute Gasteiger partial charge is 0.481 e. The molecule has 0 heterocycles. The fourth-order valence-electron chi connectivity index (χ4n) is 1.30. The summed E-state index contributed by atoms with van der Waals surface area (Å²) in [6, 6.07) is 0. The highest BCUT2D eigenvalue weighted by atomic mass is 32.1. The van der Waals surface area contributed by atoms with E-state index in [-0.39, 0.29) is 0 Å². The van der Waals surface area contributed by atoms with Crippen molar-refractivity contribution in [1.29, 1.82) is 0 Å². The Labute approximate surface area is 97.3 Å². The van der Waals surface area contributed by atoms with Gasteiger partial charge < -0.3 is 5.11 Å². The van der Waals surface area contributed by atoms with Gasteiger partial charge in [0.2, 0.25) is 0 Å². The zero-order valence-electron chi connectivity index (χ0n) is 8.48. The highest BCUT2D eigenvalue weighted by Crippen LogP contribution is 2.13. The molecule has 1 atom stereocenters. The van der Waals surface area contributed by atoms with Crippen molar-refractivity contribution in [1.82, 2.24) is 0 Å². The molecule has 2 nitrogen and oxygen atoms in total. The topological polar surface area (TPSA) is 37.3 Å². The molecule has 0 spiro atoms. The number of hydrogen-bond acceptors (Lipinski definition) is 3. The molecule has 0 aromatic carbocycles. The molecule has 0 aromatic rings. The maximum atomic E-state index is 10.2. The molecule has 4 heteroatoms. The molecule has 0 bridgehead atoms. The first kappa shape index (κ1) is 14.2. The van der Waals surface area contributed by atoms with Crippen LogP contribution in [0.4, 0.5) is 0 Å². The third kappa shape index (κ3) is 10.3. The molecule has 0 saturated carbocycles. The van der Waals surface area contributed by atoms with E-state index in [1.54, 1.807) is 0 Å². The highest BCUT2D eigenvalue weighted by Gasteiger charge is 2.01. The minimum atomic E-state index is -0.688. The van der Waals surface area contributed by atoms with E-state index in [4.69, 9.17) is 5.11 Å². The summed E-state index contributed by atoms with van der Waals surface area (Å²) >= 11 is 8.57. The summed E-state index contributed by atoms with van der Waals surface area (Å²) in [5.41, 5.74) is 0. The van der Waals surface area contributed by atoms with Gasteiger partial charge in [-0.05, 0) is 25.0 Å². The molecule has 0 saturated heterocycles. The van der Waals surface area contributed by atoms with Crippen LogP contribution in [-0.2, 0) is 4.79 Å². The second-order valence-electron chi connectivity index (χ2n) is 3.51. The normalized spacial score (nSPS) is 12.7. The quantitative estimate of drug-likeness (QED) is 0.425. The third-order valence-electron chi connectivity index (χ3n) is 2.14. The molecule has 84 valence electrons. The minimum Gasteiger partial charge on any atom is -0.481 e. The van der Waals surface area contributed by atoms with Gasteiger partial charge in [0, 0.05) is 11.7 Å². The molecule has 1 unspecified atom stereocenters. The summed E-state index contributed by atoms with van der Waals surface area (Å²) in [4.78, 5) is 10.2. The minimum absolute atomic E-state index is 0.306. The van der Waals surface area contributed by atoms with Gasteiger partial charge in [-0.3, -0.25) is 4.79 Å². The van der Waals surface area contributed by atoms with Gasteiger partial charge in [-0.1, -0.05) is 19.3 Å². The van der Waals surface area contributed by atoms with Crippen LogP contribution >= 0.6 is 25.3 Å². The molecule has 0 aliphatic heterocycles. The van der Waals surface area contributed by atoms with Crippen molar-refractivity contribution in [2.75, 3.05) is 5.75 Å². The maximum Gasteiger partial charge on any atom is 0.303 e. The molecule has 0 amide bonds. The monoisotopic (exact) mass is 236 g/mol. The van der Waals surface area contributed by atoms with Gasteiger partial charge >= 0.3 is 5.97 Å². The second kappa shape index (κ2) is 9.71. The standard InChI is InChI=1S/C10H20O2S2/c11-10(12)6-4-2-1-3-5-9(14)7-8-13/h9,13-14H,1-8H2,(H,11,12). The van der Waals surface area contributed by atoms with E-state index in [1.807, 2.05) is 0 Å². The van der Waals surface area contributed by atoms with Crippen molar-refractivity contribution in [2.45, 2.75) is 50.2 Å². The first-order chi connectivity index (χ1) is 6.66. The van der Waals surface area contributed by atoms with E-state index >= 15 is 0 Å². The van der Waals surface area contributed by atoms with Crippen LogP contribution in [0.1, 0.15) is 44.9 Å². The van der Waals surface area contributed by atoms with Gasteiger partial charge in [-0.2, -0.15) is 25.3 Å². The number of thiol groups is 2. The van der Waals surface area contributed by atoms with E-state index in [9.17, 15) is 4.79 Å². The smallest absolute Gasteiger partial charge is 0.303 e. The Morgan fingerprint density at radius 1 is 1.14 bits per heavy atom. The van der Waals surface area contributed by atoms with Crippen LogP contribution in [0.2, 0.25) is 0 Å². The van der Waals surface area contributed by atoms with E-state index < -0.39 is 5.97 Å². The van der Waals surface area contributed by atoms with Crippen LogP contribution in [-0.4, -0.2) is 22.1 Å². The van der Waals surface area contributed by atoms with Gasteiger partial charge in [0.15, 0.2) is 0 Å². The molecule has 0 fully saturated rings. The summed E-state index contributed by atoms with van der Waals surface area (Å²) in [6.45, 7) is 0. The lowest BCUT2D eigenvalue weighted by Gasteiger charge is -2.07. The van der Waals surface area contributed by atoms with Crippen molar-refractivity contribution in [3.63, 3.8) is 0 Å². The SMILES string of the molecule is O=C(O)CCCCCCC(S)CCS. The Morgan fingerprint density at radius 3 is 2.36 bits per heavy atom. The Balaban J connectivity index is 3.09. The molecular formula is C10H20O2S2.